The van der Waals surface area contributed by atoms with Crippen molar-refractivity contribution in [3.63, 3.8) is 0 Å². The summed E-state index contributed by atoms with van der Waals surface area (Å²) in [6, 6.07) is 0. The normalized spacial score (nSPS) is 9.47. The Bertz CT molecular complexity index is 403. The Morgan fingerprint density at radius 2 is 1.87 bits per heavy atom. The molecule has 0 radical (unpaired) electrons. The van der Waals surface area contributed by atoms with Crippen molar-refractivity contribution in [2.45, 2.75) is 0 Å². The zero-order valence-electron chi connectivity index (χ0n) is 8.10. The molecule has 0 saturated carbocycles. The first-order valence-electron chi connectivity index (χ1n) is 3.89. The van der Waals surface area contributed by atoms with Crippen molar-refractivity contribution in [1.82, 2.24) is 0 Å². The monoisotopic (exact) mass is 212 g/mol. The number of aldehydes is 1. The van der Waals surface area contributed by atoms with E-state index >= 15 is 0 Å². The number of hydrogen-bond donors (Lipinski definition) is 0. The first-order valence-corrected chi connectivity index (χ1v) is 3.89. The van der Waals surface area contributed by atoms with Gasteiger partial charge in [-0.15, -0.1) is 0 Å². The average Bonchev–Trinajstić information content (AvgIpc) is 2.70. The molecule has 0 amide bonds. The molecule has 1 aromatic rings. The van der Waals surface area contributed by atoms with Crippen LogP contribution in [0, 0.1) is 0 Å². The number of carbonyl (C=O) groups is 3. The third-order valence-electron chi connectivity index (χ3n) is 1.72. The lowest BCUT2D eigenvalue weighted by molar-refractivity contribution is 0.0555. The van der Waals surface area contributed by atoms with Crippen LogP contribution >= 0.6 is 0 Å². The van der Waals surface area contributed by atoms with Gasteiger partial charge in [-0.25, -0.2) is 9.59 Å². The second kappa shape index (κ2) is 4.41. The van der Waals surface area contributed by atoms with Gasteiger partial charge in [-0.1, -0.05) is 0 Å². The predicted octanol–water partition coefficient (Wildman–Crippen LogP) is 0.665. The van der Waals surface area contributed by atoms with Crippen LogP contribution in [-0.2, 0) is 9.47 Å². The van der Waals surface area contributed by atoms with Crippen molar-refractivity contribution in [3.8, 4) is 0 Å². The quantitative estimate of drug-likeness (QED) is 0.540. The van der Waals surface area contributed by atoms with Gasteiger partial charge in [0.15, 0.2) is 12.0 Å². The minimum atomic E-state index is -0.828. The Balaban J connectivity index is 3.29. The number of carbonyl (C=O) groups excluding carboxylic acids is 3. The summed E-state index contributed by atoms with van der Waals surface area (Å²) < 4.78 is 13.5. The maximum absolute atomic E-state index is 11.2. The fourth-order valence-electron chi connectivity index (χ4n) is 1.03. The van der Waals surface area contributed by atoms with Crippen molar-refractivity contribution in [3.05, 3.63) is 23.2 Å². The average molecular weight is 212 g/mol. The van der Waals surface area contributed by atoms with Gasteiger partial charge >= 0.3 is 11.9 Å². The van der Waals surface area contributed by atoms with Crippen molar-refractivity contribution in [2.75, 3.05) is 14.2 Å². The van der Waals surface area contributed by atoms with E-state index in [1.807, 2.05) is 0 Å². The number of hydrogen-bond acceptors (Lipinski definition) is 6. The van der Waals surface area contributed by atoms with E-state index in [2.05, 4.69) is 9.47 Å². The minimum Gasteiger partial charge on any atom is -0.465 e. The minimum absolute atomic E-state index is 0.133. The van der Waals surface area contributed by atoms with Crippen molar-refractivity contribution < 1.29 is 28.3 Å². The van der Waals surface area contributed by atoms with Crippen molar-refractivity contribution in [2.24, 2.45) is 0 Å². The number of ether oxygens (including phenoxy) is 2. The van der Waals surface area contributed by atoms with E-state index in [1.165, 1.54) is 0 Å². The Morgan fingerprint density at radius 1 is 1.27 bits per heavy atom. The zero-order chi connectivity index (χ0) is 11.4. The summed E-state index contributed by atoms with van der Waals surface area (Å²) in [6.45, 7) is 0. The molecule has 0 unspecified atom stereocenters. The van der Waals surface area contributed by atoms with Crippen LogP contribution in [0.25, 0.3) is 0 Å². The SMILES string of the molecule is COC(=O)c1coc(C=O)c1C(=O)OC. The summed E-state index contributed by atoms with van der Waals surface area (Å²) in [5.41, 5.74) is -0.356. The molecule has 0 aliphatic rings. The molecule has 0 saturated heterocycles. The second-order valence-electron chi connectivity index (χ2n) is 2.49. The van der Waals surface area contributed by atoms with Crippen LogP contribution in [-0.4, -0.2) is 32.4 Å². The molecule has 80 valence electrons. The molecule has 0 atom stereocenters. The highest BCUT2D eigenvalue weighted by Gasteiger charge is 2.26. The van der Waals surface area contributed by atoms with Crippen LogP contribution in [0.15, 0.2) is 10.7 Å². The number of furan rings is 1. The molecular formula is C9H8O6. The van der Waals surface area contributed by atoms with E-state index < -0.39 is 11.9 Å². The maximum atomic E-state index is 11.2. The largest absolute Gasteiger partial charge is 0.465 e. The van der Waals surface area contributed by atoms with Crippen LogP contribution in [0.4, 0.5) is 0 Å². The van der Waals surface area contributed by atoms with E-state index in [0.29, 0.717) is 6.29 Å². The fraction of sp³-hybridized carbons (Fsp3) is 0.222. The third-order valence-corrected chi connectivity index (χ3v) is 1.72. The molecule has 0 aliphatic heterocycles. The lowest BCUT2D eigenvalue weighted by Gasteiger charge is -1.99. The summed E-state index contributed by atoms with van der Waals surface area (Å²) in [4.78, 5) is 32.9. The molecule has 0 bridgehead atoms. The van der Waals surface area contributed by atoms with Gasteiger partial charge in [0.2, 0.25) is 0 Å². The highest BCUT2D eigenvalue weighted by atomic mass is 16.5. The molecule has 1 heterocycles. The van der Waals surface area contributed by atoms with Gasteiger partial charge in [-0.2, -0.15) is 0 Å². The first kappa shape index (κ1) is 11.0. The van der Waals surface area contributed by atoms with Gasteiger partial charge in [-0.3, -0.25) is 4.79 Å². The van der Waals surface area contributed by atoms with E-state index in [9.17, 15) is 14.4 Å². The van der Waals surface area contributed by atoms with Crippen LogP contribution in [0.2, 0.25) is 0 Å². The molecule has 0 aliphatic carbocycles. The summed E-state index contributed by atoms with van der Waals surface area (Å²) >= 11 is 0. The summed E-state index contributed by atoms with van der Waals surface area (Å²) in [5, 5.41) is 0. The van der Waals surface area contributed by atoms with Crippen LogP contribution < -0.4 is 0 Å². The van der Waals surface area contributed by atoms with Crippen molar-refractivity contribution >= 4 is 18.2 Å². The highest BCUT2D eigenvalue weighted by molar-refractivity contribution is 6.06. The van der Waals surface area contributed by atoms with Crippen molar-refractivity contribution in [1.29, 1.82) is 0 Å². The number of methoxy groups -OCH3 is 2. The standard InChI is InChI=1S/C9H8O6/c1-13-8(11)5-4-15-6(3-10)7(5)9(12)14-2/h3-4H,1-2H3. The smallest absolute Gasteiger partial charge is 0.342 e. The van der Waals surface area contributed by atoms with Gasteiger partial charge in [0, 0.05) is 0 Å². The molecule has 0 aromatic carbocycles. The Morgan fingerprint density at radius 3 is 2.33 bits per heavy atom. The molecule has 6 nitrogen and oxygen atoms in total. The van der Waals surface area contributed by atoms with Gasteiger partial charge in [0.25, 0.3) is 0 Å². The molecule has 1 aromatic heterocycles. The van der Waals surface area contributed by atoms with E-state index in [-0.39, 0.29) is 16.9 Å². The Kier molecular flexibility index (Phi) is 3.22. The third kappa shape index (κ3) is 1.88. The lowest BCUT2D eigenvalue weighted by Crippen LogP contribution is -2.10. The topological polar surface area (TPSA) is 82.8 Å². The molecule has 15 heavy (non-hydrogen) atoms. The summed E-state index contributed by atoms with van der Waals surface area (Å²) in [6.07, 6.45) is 1.29. The van der Waals surface area contributed by atoms with E-state index in [0.717, 1.165) is 20.5 Å². The highest BCUT2D eigenvalue weighted by Crippen LogP contribution is 2.17. The van der Waals surface area contributed by atoms with Gasteiger partial charge < -0.3 is 13.9 Å². The number of esters is 2. The van der Waals surface area contributed by atoms with Gasteiger partial charge in [-0.05, 0) is 0 Å². The number of rotatable bonds is 3. The first-order chi connectivity index (χ1) is 7.15. The zero-order valence-corrected chi connectivity index (χ0v) is 8.10. The molecule has 0 fully saturated rings. The lowest BCUT2D eigenvalue weighted by atomic mass is 10.1. The van der Waals surface area contributed by atoms with E-state index in [4.69, 9.17) is 4.42 Å². The van der Waals surface area contributed by atoms with Crippen LogP contribution in [0.5, 0.6) is 0 Å². The second-order valence-corrected chi connectivity index (χ2v) is 2.49. The van der Waals surface area contributed by atoms with Crippen LogP contribution in [0.1, 0.15) is 31.3 Å². The van der Waals surface area contributed by atoms with E-state index in [1.54, 1.807) is 0 Å². The molecule has 1 rings (SSSR count). The fourth-order valence-corrected chi connectivity index (χ4v) is 1.03. The summed E-state index contributed by atoms with van der Waals surface area (Å²) in [7, 11) is 2.28. The molecule has 6 heteroatoms. The summed E-state index contributed by atoms with van der Waals surface area (Å²) in [5.74, 6) is -1.86. The Hall–Kier alpha value is -2.11. The molecular weight excluding hydrogens is 204 g/mol. The molecule has 0 N–H and O–H groups in total. The predicted molar refractivity (Wildman–Crippen MR) is 46.8 cm³/mol. The van der Waals surface area contributed by atoms with Gasteiger partial charge in [0.05, 0.1) is 14.2 Å². The van der Waals surface area contributed by atoms with Gasteiger partial charge in [0.1, 0.15) is 17.4 Å². The Labute approximate surface area is 84.8 Å². The maximum Gasteiger partial charge on any atom is 0.342 e. The van der Waals surface area contributed by atoms with Crippen LogP contribution in [0.3, 0.4) is 0 Å². The molecule has 0 spiro atoms.